The molecule has 0 fully saturated rings. The number of nitrogens with one attached hydrogen (secondary N) is 2. The number of carbonyl (C=O) groups excluding carboxylic acids is 4. The van der Waals surface area contributed by atoms with Crippen molar-refractivity contribution in [3.8, 4) is 0 Å². The maximum atomic E-state index is 13.4. The van der Waals surface area contributed by atoms with E-state index in [1.807, 2.05) is 38.1 Å². The molecule has 1 aliphatic heterocycles. The molecule has 10 nitrogen and oxygen atoms in total. The minimum Gasteiger partial charge on any atom is -0.478 e. The molecule has 10 heteroatoms. The van der Waals surface area contributed by atoms with Crippen molar-refractivity contribution < 1.29 is 33.8 Å². The smallest absolute Gasteiger partial charge is 0.335 e. The molecule has 2 atom stereocenters. The van der Waals surface area contributed by atoms with Crippen molar-refractivity contribution in [1.82, 2.24) is 15.5 Å². The van der Waals surface area contributed by atoms with Crippen LogP contribution in [0.1, 0.15) is 84.1 Å². The summed E-state index contributed by atoms with van der Waals surface area (Å²) in [5.41, 5.74) is 0.706. The third-order valence-corrected chi connectivity index (χ3v) is 7.26. The van der Waals surface area contributed by atoms with E-state index in [-0.39, 0.29) is 36.9 Å². The van der Waals surface area contributed by atoms with Crippen molar-refractivity contribution >= 4 is 40.4 Å². The molecule has 232 valence electrons. The number of hydrogen-bond acceptors (Lipinski definition) is 7. The Labute approximate surface area is 256 Å². The molecule has 0 radical (unpaired) electrons. The van der Waals surface area contributed by atoms with Gasteiger partial charge in [-0.25, -0.2) is 4.79 Å². The monoisotopic (exact) mass is 601 g/mol. The first-order valence-electron chi connectivity index (χ1n) is 14.7. The highest BCUT2D eigenvalue weighted by Gasteiger charge is 2.38. The number of carboxylic acid groups (broad SMARTS) is 1. The minimum atomic E-state index is -1.04. The van der Waals surface area contributed by atoms with Gasteiger partial charge in [0.25, 0.3) is 11.8 Å². The average Bonchev–Trinajstić information content (AvgIpc) is 3.19. The standard InChI is InChI=1S/C34H39N3O7/c1-20(2)16-28(29(38)35-19-21-10-12-22(13-11-21)32(41)42)36-27(33(43)44-34(3,4)5)14-15-37-30(39)25-17-23-8-6-7-9-24(23)18-26(25)31(37)40/h6-13,17-18,20,27-28,36H,14-16,19H2,1-5H3,(H,35,38)(H,41,42)/t27-,28+/m1/s1. The highest BCUT2D eigenvalue weighted by molar-refractivity contribution is 6.23. The van der Waals surface area contributed by atoms with Gasteiger partial charge in [0, 0.05) is 13.1 Å². The first-order chi connectivity index (χ1) is 20.7. The van der Waals surface area contributed by atoms with Gasteiger partial charge in [0.1, 0.15) is 11.6 Å². The lowest BCUT2D eigenvalue weighted by Crippen LogP contribution is -2.53. The maximum Gasteiger partial charge on any atom is 0.335 e. The third kappa shape index (κ3) is 7.87. The fourth-order valence-electron chi connectivity index (χ4n) is 5.12. The van der Waals surface area contributed by atoms with Gasteiger partial charge in [-0.05, 0) is 80.1 Å². The number of rotatable bonds is 12. The Morgan fingerprint density at radius 3 is 1.95 bits per heavy atom. The summed E-state index contributed by atoms with van der Waals surface area (Å²) in [6, 6.07) is 15.3. The lowest BCUT2D eigenvalue weighted by molar-refractivity contribution is -0.158. The van der Waals surface area contributed by atoms with Gasteiger partial charge in [-0.3, -0.25) is 29.4 Å². The van der Waals surface area contributed by atoms with E-state index in [0.717, 1.165) is 15.7 Å². The number of carbonyl (C=O) groups is 5. The second-order valence-corrected chi connectivity index (χ2v) is 12.5. The molecule has 1 heterocycles. The Hall–Kier alpha value is -4.57. The van der Waals surface area contributed by atoms with Crippen LogP contribution in [-0.2, 0) is 20.9 Å². The highest BCUT2D eigenvalue weighted by Crippen LogP contribution is 2.28. The topological polar surface area (TPSA) is 142 Å². The second-order valence-electron chi connectivity index (χ2n) is 12.5. The summed E-state index contributed by atoms with van der Waals surface area (Å²) >= 11 is 0. The molecular formula is C34H39N3O7. The van der Waals surface area contributed by atoms with Crippen LogP contribution in [0.25, 0.3) is 10.8 Å². The molecule has 0 spiro atoms. The van der Waals surface area contributed by atoms with Gasteiger partial charge in [0.2, 0.25) is 5.91 Å². The van der Waals surface area contributed by atoms with Crippen LogP contribution in [0, 0.1) is 5.92 Å². The molecule has 0 saturated heterocycles. The van der Waals surface area contributed by atoms with E-state index in [2.05, 4.69) is 10.6 Å². The first-order valence-corrected chi connectivity index (χ1v) is 14.7. The second kappa shape index (κ2) is 13.4. The van der Waals surface area contributed by atoms with E-state index in [1.165, 1.54) is 12.1 Å². The molecule has 0 bridgehead atoms. The Kier molecular flexibility index (Phi) is 9.84. The van der Waals surface area contributed by atoms with Crippen molar-refractivity contribution in [3.63, 3.8) is 0 Å². The van der Waals surface area contributed by atoms with E-state index in [0.29, 0.717) is 23.1 Å². The lowest BCUT2D eigenvalue weighted by Gasteiger charge is -2.29. The molecule has 0 unspecified atom stereocenters. The quantitative estimate of drug-likeness (QED) is 0.203. The summed E-state index contributed by atoms with van der Waals surface area (Å²) < 4.78 is 5.66. The molecule has 3 aromatic carbocycles. The number of imide groups is 1. The Morgan fingerprint density at radius 2 is 1.45 bits per heavy atom. The Balaban J connectivity index is 1.50. The summed E-state index contributed by atoms with van der Waals surface area (Å²) in [6.07, 6.45) is 0.446. The average molecular weight is 602 g/mol. The van der Waals surface area contributed by atoms with Gasteiger partial charge in [-0.15, -0.1) is 0 Å². The van der Waals surface area contributed by atoms with Crippen LogP contribution in [0.5, 0.6) is 0 Å². The molecule has 4 rings (SSSR count). The zero-order valence-corrected chi connectivity index (χ0v) is 25.7. The summed E-state index contributed by atoms with van der Waals surface area (Å²) in [6.45, 7) is 9.25. The summed E-state index contributed by atoms with van der Waals surface area (Å²) in [5.74, 6) is -2.73. The van der Waals surface area contributed by atoms with Crippen LogP contribution in [-0.4, -0.2) is 63.9 Å². The van der Waals surface area contributed by atoms with Crippen molar-refractivity contribution in [2.75, 3.05) is 6.54 Å². The number of nitrogens with zero attached hydrogens (tertiary/aromatic N) is 1. The van der Waals surface area contributed by atoms with E-state index in [4.69, 9.17) is 9.84 Å². The van der Waals surface area contributed by atoms with Crippen molar-refractivity contribution in [3.05, 3.63) is 82.9 Å². The molecular weight excluding hydrogens is 562 g/mol. The van der Waals surface area contributed by atoms with Gasteiger partial charge in [0.15, 0.2) is 0 Å². The Bertz CT molecular complexity index is 1520. The summed E-state index contributed by atoms with van der Waals surface area (Å²) in [7, 11) is 0. The molecule has 44 heavy (non-hydrogen) atoms. The highest BCUT2D eigenvalue weighted by atomic mass is 16.6. The number of amides is 3. The van der Waals surface area contributed by atoms with Gasteiger partial charge >= 0.3 is 11.9 Å². The van der Waals surface area contributed by atoms with Gasteiger partial charge in [0.05, 0.1) is 22.7 Å². The molecule has 0 saturated carbocycles. The van der Waals surface area contributed by atoms with Gasteiger partial charge in [-0.1, -0.05) is 50.2 Å². The van der Waals surface area contributed by atoms with E-state index in [1.54, 1.807) is 45.0 Å². The van der Waals surface area contributed by atoms with E-state index >= 15 is 0 Å². The number of esters is 1. The minimum absolute atomic E-state index is 0.0401. The Morgan fingerprint density at radius 1 is 0.886 bits per heavy atom. The lowest BCUT2D eigenvalue weighted by atomic mass is 10.0. The number of aromatic carboxylic acids is 1. The number of benzene rings is 3. The van der Waals surface area contributed by atoms with Crippen LogP contribution in [0.2, 0.25) is 0 Å². The van der Waals surface area contributed by atoms with Crippen LogP contribution < -0.4 is 10.6 Å². The first kappa shape index (κ1) is 32.3. The van der Waals surface area contributed by atoms with Crippen molar-refractivity contribution in [1.29, 1.82) is 0 Å². The maximum absolute atomic E-state index is 13.4. The van der Waals surface area contributed by atoms with Gasteiger partial charge in [-0.2, -0.15) is 0 Å². The number of fused-ring (bicyclic) bond motifs is 2. The van der Waals surface area contributed by atoms with Crippen LogP contribution in [0.4, 0.5) is 0 Å². The molecule has 0 aromatic heterocycles. The molecule has 3 amide bonds. The fraction of sp³-hybridized carbons (Fsp3) is 0.382. The van der Waals surface area contributed by atoms with Crippen LogP contribution in [0.3, 0.4) is 0 Å². The fourth-order valence-corrected chi connectivity index (χ4v) is 5.12. The summed E-state index contributed by atoms with van der Waals surface area (Å²) in [5, 5.41) is 16.8. The van der Waals surface area contributed by atoms with E-state index in [9.17, 15) is 24.0 Å². The van der Waals surface area contributed by atoms with Gasteiger partial charge < -0.3 is 15.2 Å². The molecule has 0 aliphatic carbocycles. The van der Waals surface area contributed by atoms with Crippen LogP contribution in [0.15, 0.2) is 60.7 Å². The zero-order chi connectivity index (χ0) is 32.2. The van der Waals surface area contributed by atoms with Crippen molar-refractivity contribution in [2.45, 2.75) is 71.7 Å². The largest absolute Gasteiger partial charge is 0.478 e. The normalized spacial score (nSPS) is 14.5. The molecule has 1 aliphatic rings. The predicted molar refractivity (Wildman–Crippen MR) is 165 cm³/mol. The number of hydrogen-bond donors (Lipinski definition) is 3. The number of carboxylic acids is 1. The zero-order valence-electron chi connectivity index (χ0n) is 25.7. The molecule has 3 N–H and O–H groups in total. The van der Waals surface area contributed by atoms with Crippen molar-refractivity contribution in [2.24, 2.45) is 5.92 Å². The molecule has 3 aromatic rings. The van der Waals surface area contributed by atoms with E-state index < -0.39 is 41.4 Å². The SMILES string of the molecule is CC(C)C[C@H](N[C@H](CCN1C(=O)c2cc3ccccc3cc2C1=O)C(=O)OC(C)(C)C)C(=O)NCc1ccc(C(=O)O)cc1. The third-order valence-electron chi connectivity index (χ3n) is 7.26. The predicted octanol–water partition coefficient (Wildman–Crippen LogP) is 4.56. The summed E-state index contributed by atoms with van der Waals surface area (Å²) in [4.78, 5) is 65.6. The number of ether oxygens (including phenoxy) is 1. The van der Waals surface area contributed by atoms with Crippen LogP contribution >= 0.6 is 0 Å².